The van der Waals surface area contributed by atoms with E-state index in [2.05, 4.69) is 287 Å². The molecular formula is C68H45N5PdSi2. The van der Waals surface area contributed by atoms with E-state index in [1.54, 1.807) is 0 Å². The van der Waals surface area contributed by atoms with Gasteiger partial charge < -0.3 is 13.9 Å². The smallest absolute Gasteiger partial charge is 0.340 e. The third-order valence-corrected chi connectivity index (χ3v) is 25.2. The third-order valence-electron chi connectivity index (χ3n) is 15.8. The molecule has 14 aromatic rings. The molecule has 76 heavy (non-hydrogen) atoms. The van der Waals surface area contributed by atoms with Crippen molar-refractivity contribution < 1.29 is 20.4 Å². The van der Waals surface area contributed by atoms with Crippen LogP contribution >= 0.6 is 0 Å². The topological polar surface area (TPSA) is 38.4 Å². The minimum atomic E-state index is -3.27. The van der Waals surface area contributed by atoms with Crippen LogP contribution in [0, 0.1) is 12.1 Å². The first kappa shape index (κ1) is 45.8. The maximum atomic E-state index is 5.50. The van der Waals surface area contributed by atoms with E-state index in [0.717, 1.165) is 66.2 Å². The Morgan fingerprint density at radius 1 is 0.421 bits per heavy atom. The van der Waals surface area contributed by atoms with Crippen LogP contribution < -0.4 is 46.4 Å². The normalized spacial score (nSPS) is 13.0. The van der Waals surface area contributed by atoms with Crippen molar-refractivity contribution in [1.29, 1.82) is 0 Å². The van der Waals surface area contributed by atoms with Crippen molar-refractivity contribution in [3.63, 3.8) is 0 Å². The summed E-state index contributed by atoms with van der Waals surface area (Å²) in [4.78, 5) is 12.9. The van der Waals surface area contributed by atoms with Crippen LogP contribution in [-0.4, -0.2) is 35.1 Å². The van der Waals surface area contributed by atoms with Gasteiger partial charge in [0.1, 0.15) is 13.9 Å². The van der Waals surface area contributed by atoms with Crippen LogP contribution in [0.2, 0.25) is 0 Å². The Kier molecular flexibility index (Phi) is 11.0. The molecule has 5 heterocycles. The standard InChI is InChI=1S/C68H45N5Si2.Pd/c1-6-22-48(23-7-1)72-62-37-19-17-35-58(62)59-46-66-64(47-63(59)72)73(68-65(38-21-41-69-68)75(66,52-29-12-4-13-30-52)53-31-14-5-15-32-53)49-24-20-33-54(44-49)74(50-25-8-2-9-26-50,51-27-10-3-11-28-51)55-39-40-56-57-34-16-18-36-61(57)71-43-42-70-67(71)60(56)45-55;/h1-43,46-47H;/q-2;+2. The average molecular weight is 1090 g/mol. The fourth-order valence-electron chi connectivity index (χ4n) is 12.7. The summed E-state index contributed by atoms with van der Waals surface area (Å²) in [5.74, 6) is 0.914. The van der Waals surface area contributed by atoms with Crippen molar-refractivity contribution in [1.82, 2.24) is 18.9 Å². The molecule has 0 N–H and O–H groups in total. The Bertz CT molecular complexity index is 4410. The number of benzene rings is 10. The van der Waals surface area contributed by atoms with Gasteiger partial charge in [0.05, 0.1) is 16.7 Å². The van der Waals surface area contributed by atoms with Crippen LogP contribution in [0.1, 0.15) is 0 Å². The van der Waals surface area contributed by atoms with Gasteiger partial charge in [-0.3, -0.25) is 4.98 Å². The van der Waals surface area contributed by atoms with Gasteiger partial charge in [0.25, 0.3) is 0 Å². The number of anilines is 3. The van der Waals surface area contributed by atoms with Gasteiger partial charge in [-0.2, -0.15) is 23.4 Å². The number of rotatable bonds is 8. The molecule has 0 bridgehead atoms. The fraction of sp³-hybridized carbons (Fsp3) is 0. The van der Waals surface area contributed by atoms with Crippen molar-refractivity contribution in [3.05, 3.63) is 286 Å². The number of para-hydroxylation sites is 3. The molecule has 5 nitrogen and oxygen atoms in total. The Morgan fingerprint density at radius 3 is 1.70 bits per heavy atom. The van der Waals surface area contributed by atoms with Crippen molar-refractivity contribution >= 4 is 124 Å². The van der Waals surface area contributed by atoms with Gasteiger partial charge in [-0.1, -0.05) is 193 Å². The molecule has 4 aromatic heterocycles. The summed E-state index contributed by atoms with van der Waals surface area (Å²) in [6, 6.07) is 102. The maximum Gasteiger partial charge on any atom is 2.00 e. The second kappa shape index (κ2) is 18.3. The summed E-state index contributed by atoms with van der Waals surface area (Å²) in [7, 11) is -6.40. The molecule has 0 spiro atoms. The Morgan fingerprint density at radius 2 is 1.01 bits per heavy atom. The van der Waals surface area contributed by atoms with E-state index < -0.39 is 16.1 Å². The molecule has 15 rings (SSSR count). The van der Waals surface area contributed by atoms with Gasteiger partial charge in [-0.15, -0.1) is 34.8 Å². The molecule has 0 saturated carbocycles. The zero-order valence-corrected chi connectivity index (χ0v) is 44.6. The Hall–Kier alpha value is -8.74. The minimum Gasteiger partial charge on any atom is -0.340 e. The largest absolute Gasteiger partial charge is 2.00 e. The number of hydrogen-bond acceptors (Lipinski definition) is 3. The minimum absolute atomic E-state index is 0. The predicted octanol–water partition coefficient (Wildman–Crippen LogP) is 10.3. The van der Waals surface area contributed by atoms with Crippen LogP contribution in [0.5, 0.6) is 0 Å². The summed E-state index contributed by atoms with van der Waals surface area (Å²) in [5, 5.41) is 15.6. The summed E-state index contributed by atoms with van der Waals surface area (Å²) >= 11 is 0. The summed E-state index contributed by atoms with van der Waals surface area (Å²) in [6.07, 6.45) is 5.93. The third kappa shape index (κ3) is 6.65. The summed E-state index contributed by atoms with van der Waals surface area (Å²) in [5.41, 5.74) is 7.44. The van der Waals surface area contributed by atoms with Crippen molar-refractivity contribution in [2.24, 2.45) is 0 Å². The average Bonchev–Trinajstić information content (AvgIpc) is 4.23. The molecule has 0 aliphatic carbocycles. The molecule has 0 radical (unpaired) electrons. The molecular weight excluding hydrogens is 1050 g/mol. The van der Waals surface area contributed by atoms with Gasteiger partial charge >= 0.3 is 20.4 Å². The first-order valence-electron chi connectivity index (χ1n) is 25.6. The van der Waals surface area contributed by atoms with Crippen molar-refractivity contribution in [3.8, 4) is 5.69 Å². The van der Waals surface area contributed by atoms with Gasteiger partial charge in [-0.25, -0.2) is 4.98 Å². The van der Waals surface area contributed by atoms with Gasteiger partial charge in [-0.05, 0) is 79.0 Å². The van der Waals surface area contributed by atoms with Crippen LogP contribution in [0.3, 0.4) is 0 Å². The number of aromatic nitrogens is 4. The van der Waals surface area contributed by atoms with Crippen LogP contribution in [0.15, 0.2) is 273 Å². The van der Waals surface area contributed by atoms with Crippen LogP contribution in [-0.2, 0) is 20.4 Å². The Labute approximate surface area is 456 Å². The number of fused-ring (bicyclic) bond motifs is 11. The molecule has 0 atom stereocenters. The zero-order valence-electron chi connectivity index (χ0n) is 41.0. The van der Waals surface area contributed by atoms with E-state index in [1.807, 2.05) is 12.4 Å². The molecule has 0 fully saturated rings. The molecule has 0 unspecified atom stereocenters. The molecule has 360 valence electrons. The second-order valence-electron chi connectivity index (χ2n) is 19.5. The predicted molar refractivity (Wildman–Crippen MR) is 315 cm³/mol. The SMILES string of the molecule is [Pd+2].[c-]1c(N2c3cc4c(cc3[Si](c3ccccc3)(c3ccccc3)c3cccnc32)c2ccccc2n4-c2ccccc2)cccc1[Si](c1[c-]c2c(cc1)c1ccccc1n1ccnc21)(c1ccccc1)c1ccccc1. The first-order chi connectivity index (χ1) is 37.2. The van der Waals surface area contributed by atoms with E-state index in [-0.39, 0.29) is 20.4 Å². The van der Waals surface area contributed by atoms with E-state index in [4.69, 9.17) is 9.97 Å². The monoisotopic (exact) mass is 1090 g/mol. The van der Waals surface area contributed by atoms with Gasteiger partial charge in [0.15, 0.2) is 8.07 Å². The molecule has 0 amide bonds. The number of pyridine rings is 2. The number of imidazole rings is 1. The van der Waals surface area contributed by atoms with E-state index in [0.29, 0.717) is 0 Å². The fourth-order valence-corrected chi connectivity index (χ4v) is 22.3. The van der Waals surface area contributed by atoms with Gasteiger partial charge in [0, 0.05) is 46.3 Å². The van der Waals surface area contributed by atoms with E-state index >= 15 is 0 Å². The van der Waals surface area contributed by atoms with E-state index in [1.165, 1.54) is 47.3 Å². The second-order valence-corrected chi connectivity index (χ2v) is 27.0. The molecule has 0 saturated heterocycles. The zero-order chi connectivity index (χ0) is 49.5. The Balaban J connectivity index is 0.00000528. The first-order valence-corrected chi connectivity index (χ1v) is 29.6. The van der Waals surface area contributed by atoms with Crippen LogP contribution in [0.25, 0.3) is 54.8 Å². The van der Waals surface area contributed by atoms with Crippen molar-refractivity contribution in [2.75, 3.05) is 4.90 Å². The van der Waals surface area contributed by atoms with Crippen molar-refractivity contribution in [2.45, 2.75) is 0 Å². The molecule has 1 aliphatic heterocycles. The van der Waals surface area contributed by atoms with Crippen LogP contribution in [0.4, 0.5) is 17.2 Å². The van der Waals surface area contributed by atoms with Gasteiger partial charge in [0.2, 0.25) is 0 Å². The molecule has 1 aliphatic rings. The molecule has 8 heteroatoms. The summed E-state index contributed by atoms with van der Waals surface area (Å²) in [6.45, 7) is 0. The maximum absolute atomic E-state index is 5.50. The van der Waals surface area contributed by atoms with E-state index in [9.17, 15) is 0 Å². The quantitative estimate of drug-likeness (QED) is 0.0659. The summed E-state index contributed by atoms with van der Waals surface area (Å²) < 4.78 is 4.64. The number of nitrogens with zero attached hydrogens (tertiary/aromatic N) is 5. The number of hydrogen-bond donors (Lipinski definition) is 0. The molecule has 10 aromatic carbocycles.